The molecule has 9 aromatic rings. The third kappa shape index (κ3) is 8.17. The van der Waals surface area contributed by atoms with Crippen LogP contribution >= 0.6 is 0 Å². The molecule has 0 saturated heterocycles. The Balaban J connectivity index is 0.726. The van der Waals surface area contributed by atoms with E-state index in [0.29, 0.717) is 36.3 Å². The number of anilines is 14. The number of hydrogen-bond acceptors (Lipinski definition) is 12. The van der Waals surface area contributed by atoms with Gasteiger partial charge in [-0.05, 0) is 172 Å². The smallest absolute Gasteiger partial charge is 0.147 e. The summed E-state index contributed by atoms with van der Waals surface area (Å²) in [6.07, 6.45) is 7.12. The average Bonchev–Trinajstić information content (AvgIpc) is 4.29. The van der Waals surface area contributed by atoms with Crippen LogP contribution in [-0.2, 0) is 0 Å². The van der Waals surface area contributed by atoms with Crippen LogP contribution < -0.4 is 48.7 Å². The predicted molar refractivity (Wildman–Crippen MR) is 311 cm³/mol. The van der Waals surface area contributed by atoms with Gasteiger partial charge in [-0.25, -0.2) is 0 Å². The second kappa shape index (κ2) is 18.3. The molecule has 0 spiro atoms. The summed E-state index contributed by atoms with van der Waals surface area (Å²) in [5.74, 6) is 2.61. The van der Waals surface area contributed by atoms with Gasteiger partial charge >= 0.3 is 0 Å². The van der Waals surface area contributed by atoms with E-state index in [2.05, 4.69) is 183 Å². The number of benzene rings is 7. The Morgan fingerprint density at radius 1 is 0.329 bits per heavy atom. The summed E-state index contributed by atoms with van der Waals surface area (Å²) in [7, 11) is 2.13. The lowest BCUT2D eigenvalue weighted by molar-refractivity contribution is 0.480. The fourth-order valence-electron chi connectivity index (χ4n) is 11.0. The van der Waals surface area contributed by atoms with Crippen molar-refractivity contribution in [1.29, 1.82) is 0 Å². The molecule has 76 heavy (non-hydrogen) atoms. The van der Waals surface area contributed by atoms with E-state index in [4.69, 9.17) is 13.6 Å². The van der Waals surface area contributed by atoms with E-state index in [1.165, 1.54) is 38.5 Å². The number of rotatable bonds is 10. The first-order valence-electron chi connectivity index (χ1n) is 27.2. The van der Waals surface area contributed by atoms with E-state index in [9.17, 15) is 0 Å². The van der Waals surface area contributed by atoms with E-state index in [1.807, 2.05) is 61.3 Å². The lowest BCUT2D eigenvalue weighted by Gasteiger charge is -2.25. The maximum Gasteiger partial charge on any atom is 0.147 e. The molecular formula is C64H60N10O2. The highest BCUT2D eigenvalue weighted by Crippen LogP contribution is 2.50. The molecule has 12 heteroatoms. The molecule has 2 aromatic heterocycles. The predicted octanol–water partition coefficient (Wildman–Crippen LogP) is 15.5. The molecule has 0 saturated carbocycles. The molecule has 12 nitrogen and oxygen atoms in total. The number of ether oxygens (including phenoxy) is 2. The zero-order valence-electron chi connectivity index (χ0n) is 46.8. The van der Waals surface area contributed by atoms with Crippen LogP contribution in [0.25, 0.3) is 0 Å². The van der Waals surface area contributed by atoms with Crippen LogP contribution in [0, 0.1) is 41.5 Å². The van der Waals surface area contributed by atoms with Gasteiger partial charge in [0.2, 0.25) is 0 Å². The number of fused-ring (bicyclic) bond motifs is 4. The minimum Gasteiger partial charge on any atom is -0.456 e. The third-order valence-corrected chi connectivity index (χ3v) is 15.5. The standard InChI is InChI=1S/C64H60N10O2/c1-41-23-59-61(25-43(41)3)69(37-67(59)7)51-31-55(35-65-33-51)75-53-15-11-13-49(29-53)73-39-71(57-17-9-10-18-58(57)73)47-19-21-48(22-20-47)72-40-74(64-28-46(6)45(5)27-63(64)72)50-14-12-16-54(30-50)76-56-32-52(34-66-36-56)70-38-68(8)60-24-42(2)44(4)26-62(60)70/h9-36H,37-40H2,1-8H3/i7D3. The first-order valence-corrected chi connectivity index (χ1v) is 25.7. The fraction of sp³-hybridized carbons (Fsp3) is 0.188. The molecule has 378 valence electrons. The van der Waals surface area contributed by atoms with Crippen LogP contribution in [0.3, 0.4) is 0 Å². The number of hydrogen-bond donors (Lipinski definition) is 0. The Hall–Kier alpha value is -9.16. The van der Waals surface area contributed by atoms with E-state index >= 15 is 0 Å². The minimum atomic E-state index is -2.30. The summed E-state index contributed by atoms with van der Waals surface area (Å²) >= 11 is 0. The van der Waals surface area contributed by atoms with Gasteiger partial charge in [0, 0.05) is 65.2 Å². The van der Waals surface area contributed by atoms with Crippen molar-refractivity contribution in [2.45, 2.75) is 41.5 Å². The molecule has 0 bridgehead atoms. The van der Waals surface area contributed by atoms with Crippen LogP contribution in [0.1, 0.15) is 37.5 Å². The molecule has 7 aromatic carbocycles. The summed E-state index contributed by atoms with van der Waals surface area (Å²) in [5, 5.41) is 0. The maximum atomic E-state index is 8.27. The SMILES string of the molecule is [2H]C([2H])([2H])N1CN(c2cncc(Oc3cccc(N4CN(c5ccc(N6CN(c7cccc(Oc8cncc(N9CN(C)c%10cc(C)c(C)cc%109)c8)c7)c7cc(C)c(C)cc76)cc5)c5ccccc54)c3)c2)c2cc(C)c(C)cc21. The second-order valence-electron chi connectivity index (χ2n) is 20.5. The van der Waals surface area contributed by atoms with Crippen LogP contribution in [0.4, 0.5) is 79.6 Å². The molecule has 0 aliphatic carbocycles. The highest BCUT2D eigenvalue weighted by Gasteiger charge is 2.32. The zero-order chi connectivity index (χ0) is 54.4. The summed E-state index contributed by atoms with van der Waals surface area (Å²) in [6.45, 7) is 12.5. The van der Waals surface area contributed by atoms with Crippen molar-refractivity contribution in [1.82, 2.24) is 9.97 Å². The second-order valence-corrected chi connectivity index (χ2v) is 20.5. The normalized spacial score (nSPS) is 15.2. The lowest BCUT2D eigenvalue weighted by Crippen LogP contribution is -2.25. The topological polar surface area (TPSA) is 70.2 Å². The van der Waals surface area contributed by atoms with Crippen molar-refractivity contribution < 1.29 is 13.6 Å². The monoisotopic (exact) mass is 1000 g/mol. The van der Waals surface area contributed by atoms with Gasteiger partial charge in [-0.3, -0.25) is 9.97 Å². The molecule has 0 amide bonds. The van der Waals surface area contributed by atoms with Crippen molar-refractivity contribution in [2.75, 3.05) is 79.9 Å². The van der Waals surface area contributed by atoms with Gasteiger partial charge in [-0.2, -0.15) is 0 Å². The first-order chi connectivity index (χ1) is 38.1. The molecule has 4 aliphatic rings. The third-order valence-electron chi connectivity index (χ3n) is 15.5. The number of pyridine rings is 2. The molecule has 6 heterocycles. The number of para-hydroxylation sites is 2. The van der Waals surface area contributed by atoms with E-state index in [-0.39, 0.29) is 6.67 Å². The summed E-state index contributed by atoms with van der Waals surface area (Å²) in [5.41, 5.74) is 21.4. The Labute approximate surface area is 449 Å². The lowest BCUT2D eigenvalue weighted by atomic mass is 10.1. The van der Waals surface area contributed by atoms with Gasteiger partial charge in [-0.1, -0.05) is 24.3 Å². The highest BCUT2D eigenvalue weighted by atomic mass is 16.5. The van der Waals surface area contributed by atoms with E-state index in [0.717, 1.165) is 86.1 Å². The van der Waals surface area contributed by atoms with Crippen molar-refractivity contribution in [3.63, 3.8) is 0 Å². The summed E-state index contributed by atoms with van der Waals surface area (Å²) < 4.78 is 38.0. The molecule has 0 N–H and O–H groups in total. The van der Waals surface area contributed by atoms with Gasteiger partial charge in [0.15, 0.2) is 0 Å². The molecular weight excluding hydrogens is 941 g/mol. The van der Waals surface area contributed by atoms with Gasteiger partial charge in [-0.15, -0.1) is 0 Å². The molecule has 0 unspecified atom stereocenters. The van der Waals surface area contributed by atoms with Gasteiger partial charge < -0.3 is 48.7 Å². The number of aryl methyl sites for hydroxylation is 6. The molecule has 0 radical (unpaired) electrons. The quantitative estimate of drug-likeness (QED) is 0.131. The van der Waals surface area contributed by atoms with Crippen LogP contribution in [0.15, 0.2) is 170 Å². The Morgan fingerprint density at radius 2 is 0.684 bits per heavy atom. The molecule has 0 fully saturated rings. The van der Waals surface area contributed by atoms with E-state index in [1.54, 1.807) is 18.6 Å². The molecule has 0 atom stereocenters. The molecule has 4 aliphatic heterocycles. The zero-order valence-corrected chi connectivity index (χ0v) is 43.8. The van der Waals surface area contributed by atoms with Crippen molar-refractivity contribution in [3.05, 3.63) is 204 Å². The fourth-order valence-corrected chi connectivity index (χ4v) is 11.0. The van der Waals surface area contributed by atoms with E-state index < -0.39 is 6.98 Å². The number of aromatic nitrogens is 2. The first kappa shape index (κ1) is 43.3. The minimum absolute atomic E-state index is 0.169. The maximum absolute atomic E-state index is 8.27. The van der Waals surface area contributed by atoms with Crippen molar-refractivity contribution in [3.8, 4) is 23.0 Å². The Morgan fingerprint density at radius 3 is 1.14 bits per heavy atom. The molecule has 13 rings (SSSR count). The van der Waals surface area contributed by atoms with Crippen molar-refractivity contribution >= 4 is 79.6 Å². The average molecular weight is 1000 g/mol. The van der Waals surface area contributed by atoms with Gasteiger partial charge in [0.05, 0.1) is 95.0 Å². The van der Waals surface area contributed by atoms with Gasteiger partial charge in [0.25, 0.3) is 0 Å². The van der Waals surface area contributed by atoms with Crippen LogP contribution in [-0.4, -0.2) is 50.7 Å². The van der Waals surface area contributed by atoms with Crippen molar-refractivity contribution in [2.24, 2.45) is 0 Å². The largest absolute Gasteiger partial charge is 0.456 e. The van der Waals surface area contributed by atoms with Crippen LogP contribution in [0.2, 0.25) is 0 Å². The Bertz CT molecular complexity index is 3870. The highest BCUT2D eigenvalue weighted by molar-refractivity contribution is 5.91. The summed E-state index contributed by atoms with van der Waals surface area (Å²) in [4.78, 5) is 26.6. The van der Waals surface area contributed by atoms with Crippen LogP contribution in [0.5, 0.6) is 23.0 Å². The summed E-state index contributed by atoms with van der Waals surface area (Å²) in [6, 6.07) is 50.9. The Kier molecular flexibility index (Phi) is 10.4. The number of nitrogens with zero attached hydrogens (tertiary/aromatic N) is 10. The van der Waals surface area contributed by atoms with Gasteiger partial charge in [0.1, 0.15) is 36.3 Å².